The zero-order valence-electron chi connectivity index (χ0n) is 13.5. The van der Waals surface area contributed by atoms with Gasteiger partial charge in [-0.15, -0.1) is 11.3 Å². The molecule has 0 aliphatic carbocycles. The summed E-state index contributed by atoms with van der Waals surface area (Å²) >= 11 is 1.78. The molecule has 22 heavy (non-hydrogen) atoms. The molecule has 1 aromatic heterocycles. The predicted octanol–water partition coefficient (Wildman–Crippen LogP) is 3.91. The van der Waals surface area contributed by atoms with Crippen LogP contribution in [-0.2, 0) is 13.0 Å². The summed E-state index contributed by atoms with van der Waals surface area (Å²) in [6.45, 7) is 7.16. The van der Waals surface area contributed by atoms with Crippen LogP contribution in [-0.4, -0.2) is 28.0 Å². The number of thiazole rings is 1. The van der Waals surface area contributed by atoms with Crippen LogP contribution in [0.15, 0.2) is 24.3 Å². The second-order valence-electron chi connectivity index (χ2n) is 5.50. The first-order valence-electron chi connectivity index (χ1n) is 7.41. The van der Waals surface area contributed by atoms with Gasteiger partial charge in [0.15, 0.2) is 0 Å². The van der Waals surface area contributed by atoms with Gasteiger partial charge in [-0.1, -0.05) is 19.1 Å². The van der Waals surface area contributed by atoms with Crippen molar-refractivity contribution in [2.75, 3.05) is 7.05 Å². The van der Waals surface area contributed by atoms with E-state index < -0.39 is 5.97 Å². The number of carbonyl (C=O) groups is 1. The van der Waals surface area contributed by atoms with Crippen molar-refractivity contribution in [1.82, 2.24) is 9.88 Å². The molecule has 2 rings (SSSR count). The molecule has 1 unspecified atom stereocenters. The Bertz CT molecular complexity index is 649. The third-order valence-corrected chi connectivity index (χ3v) is 5.32. The average molecular weight is 318 g/mol. The minimum atomic E-state index is -0.888. The van der Waals surface area contributed by atoms with Crippen LogP contribution in [0.25, 0.3) is 0 Å². The van der Waals surface area contributed by atoms with Crippen molar-refractivity contribution in [2.45, 2.75) is 39.8 Å². The zero-order valence-corrected chi connectivity index (χ0v) is 14.3. The molecule has 0 spiro atoms. The standard InChI is InChI=1S/C17H22N2O2S/c1-5-15-18-11(2)16(22-15)12(3)19(4)10-13-6-8-14(9-7-13)17(20)21/h6-9,12H,5,10H2,1-4H3,(H,20,21). The van der Waals surface area contributed by atoms with Crippen molar-refractivity contribution in [2.24, 2.45) is 0 Å². The third kappa shape index (κ3) is 3.72. The lowest BCUT2D eigenvalue weighted by atomic mass is 10.1. The molecule has 1 atom stereocenters. The third-order valence-electron chi connectivity index (χ3n) is 3.85. The lowest BCUT2D eigenvalue weighted by molar-refractivity contribution is 0.0697. The highest BCUT2D eigenvalue weighted by molar-refractivity contribution is 7.11. The van der Waals surface area contributed by atoms with Crippen LogP contribution >= 0.6 is 11.3 Å². The van der Waals surface area contributed by atoms with E-state index in [-0.39, 0.29) is 6.04 Å². The first-order valence-corrected chi connectivity index (χ1v) is 8.22. The number of nitrogens with zero attached hydrogens (tertiary/aromatic N) is 2. The molecule has 1 N–H and O–H groups in total. The number of carboxylic acids is 1. The molecule has 2 aromatic rings. The number of hydrogen-bond acceptors (Lipinski definition) is 4. The van der Waals surface area contributed by atoms with Crippen molar-refractivity contribution in [1.29, 1.82) is 0 Å². The minimum Gasteiger partial charge on any atom is -0.478 e. The van der Waals surface area contributed by atoms with Gasteiger partial charge in [-0.05, 0) is 45.0 Å². The molecule has 0 aliphatic heterocycles. The molecule has 0 saturated heterocycles. The molecule has 0 aliphatic rings. The number of carboxylic acid groups (broad SMARTS) is 1. The van der Waals surface area contributed by atoms with Crippen molar-refractivity contribution >= 4 is 17.3 Å². The summed E-state index contributed by atoms with van der Waals surface area (Å²) in [5.74, 6) is -0.888. The monoisotopic (exact) mass is 318 g/mol. The smallest absolute Gasteiger partial charge is 0.335 e. The first-order chi connectivity index (χ1) is 10.4. The number of hydrogen-bond donors (Lipinski definition) is 1. The highest BCUT2D eigenvalue weighted by atomic mass is 32.1. The summed E-state index contributed by atoms with van der Waals surface area (Å²) in [5.41, 5.74) is 2.55. The van der Waals surface area contributed by atoms with Crippen molar-refractivity contribution in [3.63, 3.8) is 0 Å². The van der Waals surface area contributed by atoms with Gasteiger partial charge in [-0.3, -0.25) is 4.90 Å². The number of aromatic nitrogens is 1. The lowest BCUT2D eigenvalue weighted by Crippen LogP contribution is -2.21. The second kappa shape index (κ2) is 7.03. The van der Waals surface area contributed by atoms with Gasteiger partial charge < -0.3 is 5.11 Å². The summed E-state index contributed by atoms with van der Waals surface area (Å²) in [7, 11) is 2.08. The Labute approximate surface area is 135 Å². The zero-order chi connectivity index (χ0) is 16.3. The number of aromatic carboxylic acids is 1. The Hall–Kier alpha value is -1.72. The fourth-order valence-electron chi connectivity index (χ4n) is 2.38. The fraction of sp³-hybridized carbons (Fsp3) is 0.412. The van der Waals surface area contributed by atoms with Gasteiger partial charge in [0.1, 0.15) is 0 Å². The lowest BCUT2D eigenvalue weighted by Gasteiger charge is -2.24. The molecular weight excluding hydrogens is 296 g/mol. The summed E-state index contributed by atoms with van der Waals surface area (Å²) in [5, 5.41) is 10.1. The topological polar surface area (TPSA) is 53.4 Å². The molecule has 1 heterocycles. The summed E-state index contributed by atoms with van der Waals surface area (Å²) in [4.78, 5) is 19.0. The Kier molecular flexibility index (Phi) is 5.32. The maximum absolute atomic E-state index is 10.9. The van der Waals surface area contributed by atoms with Gasteiger partial charge in [-0.25, -0.2) is 9.78 Å². The summed E-state index contributed by atoms with van der Waals surface area (Å²) < 4.78 is 0. The number of benzene rings is 1. The van der Waals surface area contributed by atoms with E-state index in [0.717, 1.165) is 24.2 Å². The largest absolute Gasteiger partial charge is 0.478 e. The minimum absolute atomic E-state index is 0.289. The molecule has 4 nitrogen and oxygen atoms in total. The average Bonchev–Trinajstić information content (AvgIpc) is 2.88. The highest BCUT2D eigenvalue weighted by Crippen LogP contribution is 2.29. The van der Waals surface area contributed by atoms with Crippen LogP contribution in [0, 0.1) is 6.92 Å². The SMILES string of the molecule is CCc1nc(C)c(C(C)N(C)Cc2ccc(C(=O)O)cc2)s1. The molecule has 0 saturated carbocycles. The molecule has 1 aromatic carbocycles. The van der Waals surface area contributed by atoms with E-state index in [1.165, 1.54) is 9.88 Å². The van der Waals surface area contributed by atoms with Crippen LogP contribution in [0.5, 0.6) is 0 Å². The van der Waals surface area contributed by atoms with Gasteiger partial charge in [0, 0.05) is 17.5 Å². The van der Waals surface area contributed by atoms with Crippen LogP contribution in [0.2, 0.25) is 0 Å². The van der Waals surface area contributed by atoms with Crippen LogP contribution in [0.4, 0.5) is 0 Å². The number of rotatable bonds is 6. The maximum atomic E-state index is 10.9. The van der Waals surface area contributed by atoms with Crippen LogP contribution < -0.4 is 0 Å². The molecule has 0 bridgehead atoms. The fourth-order valence-corrected chi connectivity index (χ4v) is 3.51. The summed E-state index contributed by atoms with van der Waals surface area (Å²) in [6.07, 6.45) is 0.971. The van der Waals surface area contributed by atoms with E-state index in [1.807, 2.05) is 12.1 Å². The molecule has 0 radical (unpaired) electrons. The number of aryl methyl sites for hydroxylation is 2. The van der Waals surface area contributed by atoms with E-state index in [9.17, 15) is 4.79 Å². The van der Waals surface area contributed by atoms with Gasteiger partial charge in [-0.2, -0.15) is 0 Å². The molecule has 118 valence electrons. The molecule has 0 amide bonds. The van der Waals surface area contributed by atoms with Gasteiger partial charge >= 0.3 is 5.97 Å². The Morgan fingerprint density at radius 3 is 2.50 bits per heavy atom. The quantitative estimate of drug-likeness (QED) is 0.877. The maximum Gasteiger partial charge on any atom is 0.335 e. The van der Waals surface area contributed by atoms with E-state index >= 15 is 0 Å². The van der Waals surface area contributed by atoms with Crippen LogP contribution in [0.3, 0.4) is 0 Å². The Balaban J connectivity index is 2.08. The van der Waals surface area contributed by atoms with Crippen molar-refractivity contribution in [3.8, 4) is 0 Å². The second-order valence-corrected chi connectivity index (χ2v) is 6.62. The Morgan fingerprint density at radius 2 is 2.00 bits per heavy atom. The van der Waals surface area contributed by atoms with Gasteiger partial charge in [0.25, 0.3) is 0 Å². The molecular formula is C17H22N2O2S. The predicted molar refractivity (Wildman–Crippen MR) is 89.5 cm³/mol. The van der Waals surface area contributed by atoms with E-state index in [4.69, 9.17) is 5.11 Å². The van der Waals surface area contributed by atoms with E-state index in [0.29, 0.717) is 5.56 Å². The molecule has 0 fully saturated rings. The van der Waals surface area contributed by atoms with Crippen molar-refractivity contribution < 1.29 is 9.90 Å². The van der Waals surface area contributed by atoms with E-state index in [1.54, 1.807) is 23.5 Å². The van der Waals surface area contributed by atoms with E-state index in [2.05, 4.69) is 37.7 Å². The normalized spacial score (nSPS) is 12.6. The van der Waals surface area contributed by atoms with Gasteiger partial charge in [0.05, 0.1) is 16.3 Å². The highest BCUT2D eigenvalue weighted by Gasteiger charge is 2.18. The summed E-state index contributed by atoms with van der Waals surface area (Å²) in [6, 6.07) is 7.36. The Morgan fingerprint density at radius 1 is 1.36 bits per heavy atom. The van der Waals surface area contributed by atoms with Gasteiger partial charge in [0.2, 0.25) is 0 Å². The van der Waals surface area contributed by atoms with Crippen molar-refractivity contribution in [3.05, 3.63) is 51.0 Å². The van der Waals surface area contributed by atoms with Crippen LogP contribution in [0.1, 0.15) is 51.4 Å². The molecule has 5 heteroatoms. The first kappa shape index (κ1) is 16.6.